The van der Waals surface area contributed by atoms with Crippen LogP contribution in [0.15, 0.2) is 18.2 Å². The van der Waals surface area contributed by atoms with Gasteiger partial charge in [-0.25, -0.2) is 0 Å². The first kappa shape index (κ1) is 14.9. The molecule has 1 rings (SSSR count). The highest BCUT2D eigenvalue weighted by Crippen LogP contribution is 2.16. The largest absolute Gasteiger partial charge is 0.298 e. The molecule has 0 fully saturated rings. The molecule has 0 saturated carbocycles. The van der Waals surface area contributed by atoms with E-state index in [4.69, 9.17) is 0 Å². The van der Waals surface area contributed by atoms with Crippen LogP contribution in [0.5, 0.6) is 0 Å². The van der Waals surface area contributed by atoms with E-state index in [9.17, 15) is 4.79 Å². The minimum Gasteiger partial charge on any atom is -0.298 e. The second kappa shape index (κ2) is 8.91. The molecule has 0 heterocycles. The van der Waals surface area contributed by atoms with Gasteiger partial charge in [-0.1, -0.05) is 57.7 Å². The van der Waals surface area contributed by atoms with E-state index in [0.29, 0.717) is 0 Å². The molecule has 100 valence electrons. The van der Waals surface area contributed by atoms with E-state index in [1.54, 1.807) is 0 Å². The summed E-state index contributed by atoms with van der Waals surface area (Å²) < 4.78 is 0. The first-order valence-corrected chi connectivity index (χ1v) is 7.38. The molecule has 18 heavy (non-hydrogen) atoms. The highest BCUT2D eigenvalue weighted by atomic mass is 16.1. The maximum Gasteiger partial charge on any atom is 0.150 e. The predicted octanol–water partition coefficient (Wildman–Crippen LogP) is 4.96. The maximum absolute atomic E-state index is 11.0. The summed E-state index contributed by atoms with van der Waals surface area (Å²) in [5, 5.41) is 0. The fourth-order valence-electron chi connectivity index (χ4n) is 2.29. The molecule has 1 nitrogen and oxygen atoms in total. The summed E-state index contributed by atoms with van der Waals surface area (Å²) in [4.78, 5) is 11.0. The van der Waals surface area contributed by atoms with Crippen molar-refractivity contribution >= 4 is 6.29 Å². The molecule has 0 bridgehead atoms. The monoisotopic (exact) mass is 246 g/mol. The van der Waals surface area contributed by atoms with Crippen molar-refractivity contribution in [3.8, 4) is 0 Å². The molecule has 0 spiro atoms. The Morgan fingerprint density at radius 2 is 1.61 bits per heavy atom. The van der Waals surface area contributed by atoms with Gasteiger partial charge in [0.25, 0.3) is 0 Å². The van der Waals surface area contributed by atoms with Crippen LogP contribution in [0.2, 0.25) is 0 Å². The van der Waals surface area contributed by atoms with Crippen molar-refractivity contribution in [2.75, 3.05) is 0 Å². The molecule has 0 saturated heterocycles. The first-order chi connectivity index (χ1) is 8.81. The highest BCUT2D eigenvalue weighted by Gasteiger charge is 2.03. The molecule has 1 heteroatoms. The molecule has 0 radical (unpaired) electrons. The lowest BCUT2D eigenvalue weighted by molar-refractivity contribution is 0.112. The van der Waals surface area contributed by atoms with Crippen molar-refractivity contribution in [2.24, 2.45) is 0 Å². The number of hydrogen-bond donors (Lipinski definition) is 0. The van der Waals surface area contributed by atoms with Gasteiger partial charge in [0.05, 0.1) is 0 Å². The molecular formula is C17H26O. The molecule has 0 N–H and O–H groups in total. The zero-order valence-corrected chi connectivity index (χ0v) is 11.9. The summed E-state index contributed by atoms with van der Waals surface area (Å²) in [6.07, 6.45) is 10.7. The average Bonchev–Trinajstić information content (AvgIpc) is 2.40. The van der Waals surface area contributed by atoms with Crippen LogP contribution in [0.4, 0.5) is 0 Å². The SMILES string of the molecule is CCCCCc1ccc(C=O)c(CCCCC)c1. The van der Waals surface area contributed by atoms with Crippen LogP contribution >= 0.6 is 0 Å². The van der Waals surface area contributed by atoms with Gasteiger partial charge in [0.15, 0.2) is 0 Å². The molecule has 0 atom stereocenters. The second-order valence-electron chi connectivity index (χ2n) is 5.07. The van der Waals surface area contributed by atoms with Crippen molar-refractivity contribution < 1.29 is 4.79 Å². The number of benzene rings is 1. The zero-order chi connectivity index (χ0) is 13.2. The zero-order valence-electron chi connectivity index (χ0n) is 11.9. The molecule has 0 aliphatic carbocycles. The first-order valence-electron chi connectivity index (χ1n) is 7.38. The van der Waals surface area contributed by atoms with Gasteiger partial charge < -0.3 is 0 Å². The summed E-state index contributed by atoms with van der Waals surface area (Å²) in [6.45, 7) is 4.44. The van der Waals surface area contributed by atoms with Crippen LogP contribution < -0.4 is 0 Å². The third-order valence-electron chi connectivity index (χ3n) is 3.45. The Hall–Kier alpha value is -1.11. The smallest absolute Gasteiger partial charge is 0.150 e. The molecular weight excluding hydrogens is 220 g/mol. The van der Waals surface area contributed by atoms with Gasteiger partial charge in [-0.15, -0.1) is 0 Å². The van der Waals surface area contributed by atoms with Gasteiger partial charge in [0, 0.05) is 5.56 Å². The van der Waals surface area contributed by atoms with Gasteiger partial charge in [0.1, 0.15) is 6.29 Å². The normalized spacial score (nSPS) is 10.6. The summed E-state index contributed by atoms with van der Waals surface area (Å²) in [5.41, 5.74) is 3.51. The lowest BCUT2D eigenvalue weighted by Crippen LogP contribution is -1.96. The number of unbranched alkanes of at least 4 members (excludes halogenated alkanes) is 4. The molecule has 1 aromatic rings. The minimum atomic E-state index is 0.880. The van der Waals surface area contributed by atoms with E-state index in [-0.39, 0.29) is 0 Å². The van der Waals surface area contributed by atoms with Crippen molar-refractivity contribution in [2.45, 2.75) is 65.2 Å². The Morgan fingerprint density at radius 1 is 0.944 bits per heavy atom. The number of aldehydes is 1. The summed E-state index contributed by atoms with van der Waals surface area (Å²) in [5.74, 6) is 0. The van der Waals surface area contributed by atoms with E-state index >= 15 is 0 Å². The minimum absolute atomic E-state index is 0.880. The fraction of sp³-hybridized carbons (Fsp3) is 0.588. The van der Waals surface area contributed by atoms with Gasteiger partial charge >= 0.3 is 0 Å². The van der Waals surface area contributed by atoms with Gasteiger partial charge in [0.2, 0.25) is 0 Å². The standard InChI is InChI=1S/C17H26O/c1-3-5-7-9-15-11-12-17(14-18)16(13-15)10-8-6-4-2/h11-14H,3-10H2,1-2H3. The van der Waals surface area contributed by atoms with Crippen molar-refractivity contribution in [1.29, 1.82) is 0 Å². The summed E-state index contributed by atoms with van der Waals surface area (Å²) in [7, 11) is 0. The van der Waals surface area contributed by atoms with Crippen LogP contribution in [0, 0.1) is 0 Å². The van der Waals surface area contributed by atoms with Gasteiger partial charge in [-0.2, -0.15) is 0 Å². The van der Waals surface area contributed by atoms with E-state index in [1.807, 2.05) is 6.07 Å². The maximum atomic E-state index is 11.0. The van der Waals surface area contributed by atoms with Crippen molar-refractivity contribution in [1.82, 2.24) is 0 Å². The molecule has 0 aliphatic heterocycles. The van der Waals surface area contributed by atoms with E-state index in [0.717, 1.165) is 24.7 Å². The van der Waals surface area contributed by atoms with Crippen LogP contribution in [0.1, 0.15) is 73.9 Å². The molecule has 1 aromatic carbocycles. The van der Waals surface area contributed by atoms with Crippen LogP contribution in [-0.2, 0) is 12.8 Å². The van der Waals surface area contributed by atoms with Gasteiger partial charge in [-0.3, -0.25) is 4.79 Å². The quantitative estimate of drug-likeness (QED) is 0.444. The third kappa shape index (κ3) is 5.03. The van der Waals surface area contributed by atoms with Crippen LogP contribution in [0.25, 0.3) is 0 Å². The topological polar surface area (TPSA) is 17.1 Å². The van der Waals surface area contributed by atoms with Crippen molar-refractivity contribution in [3.05, 3.63) is 34.9 Å². The second-order valence-corrected chi connectivity index (χ2v) is 5.07. The fourth-order valence-corrected chi connectivity index (χ4v) is 2.29. The van der Waals surface area contributed by atoms with Gasteiger partial charge in [-0.05, 0) is 36.8 Å². The number of rotatable bonds is 9. The summed E-state index contributed by atoms with van der Waals surface area (Å²) in [6, 6.07) is 6.35. The van der Waals surface area contributed by atoms with Crippen LogP contribution in [0.3, 0.4) is 0 Å². The number of carbonyl (C=O) groups excluding carboxylic acids is 1. The molecule has 0 aliphatic rings. The van der Waals surface area contributed by atoms with E-state index in [1.165, 1.54) is 49.7 Å². The van der Waals surface area contributed by atoms with Crippen LogP contribution in [-0.4, -0.2) is 6.29 Å². The molecule has 0 amide bonds. The van der Waals surface area contributed by atoms with E-state index < -0.39 is 0 Å². The number of carbonyl (C=O) groups is 1. The lowest BCUT2D eigenvalue weighted by Gasteiger charge is -2.08. The van der Waals surface area contributed by atoms with E-state index in [2.05, 4.69) is 26.0 Å². The Balaban J connectivity index is 2.65. The lowest BCUT2D eigenvalue weighted by atomic mass is 9.97. The van der Waals surface area contributed by atoms with Crippen molar-refractivity contribution in [3.63, 3.8) is 0 Å². The molecule has 0 unspecified atom stereocenters. The number of aryl methyl sites for hydroxylation is 2. The average molecular weight is 246 g/mol. The Bertz CT molecular complexity index is 355. The summed E-state index contributed by atoms with van der Waals surface area (Å²) >= 11 is 0. The molecule has 0 aromatic heterocycles. The highest BCUT2D eigenvalue weighted by molar-refractivity contribution is 5.77. The Labute approximate surface area is 112 Å². The number of hydrogen-bond acceptors (Lipinski definition) is 1. The Kier molecular flexibility index (Phi) is 7.40. The predicted molar refractivity (Wildman–Crippen MR) is 78.3 cm³/mol. The Morgan fingerprint density at radius 3 is 2.22 bits per heavy atom. The third-order valence-corrected chi connectivity index (χ3v) is 3.45.